The third-order valence-corrected chi connectivity index (χ3v) is 2.74. The van der Waals surface area contributed by atoms with Crippen LogP contribution in [0.25, 0.3) is 0 Å². The van der Waals surface area contributed by atoms with Gasteiger partial charge in [0.15, 0.2) is 0 Å². The van der Waals surface area contributed by atoms with Gasteiger partial charge in [0.2, 0.25) is 5.88 Å². The average Bonchev–Trinajstić information content (AvgIpc) is 2.35. The quantitative estimate of drug-likeness (QED) is 0.942. The van der Waals surface area contributed by atoms with Crippen LogP contribution < -0.4 is 4.74 Å². The van der Waals surface area contributed by atoms with E-state index in [-0.39, 0.29) is 6.61 Å². The molecule has 0 spiro atoms. The number of benzene rings is 1. The van der Waals surface area contributed by atoms with E-state index in [1.807, 2.05) is 24.3 Å². The van der Waals surface area contributed by atoms with Crippen LogP contribution >= 0.6 is 15.9 Å². The molecular formula is C12H11BrN2O2. The third kappa shape index (κ3) is 3.01. The lowest BCUT2D eigenvalue weighted by Gasteiger charge is -2.10. The average molecular weight is 295 g/mol. The summed E-state index contributed by atoms with van der Waals surface area (Å²) in [5.74, 6) is 1.16. The molecule has 0 aliphatic carbocycles. The van der Waals surface area contributed by atoms with Crippen LogP contribution in [0, 0.1) is 0 Å². The maximum atomic E-state index is 8.97. The standard InChI is InChI=1S/C12H11BrN2O2/c13-10-7-14-8-15-12(10)17-11-4-2-1-3-9(11)5-6-16/h1-4,7-8,16H,5-6H2. The fourth-order valence-electron chi connectivity index (χ4n) is 1.41. The topological polar surface area (TPSA) is 55.2 Å². The Morgan fingerprint density at radius 3 is 2.88 bits per heavy atom. The zero-order chi connectivity index (χ0) is 12.1. The van der Waals surface area contributed by atoms with E-state index in [9.17, 15) is 0 Å². The molecule has 0 bridgehead atoms. The lowest BCUT2D eigenvalue weighted by molar-refractivity contribution is 0.297. The summed E-state index contributed by atoms with van der Waals surface area (Å²) in [4.78, 5) is 7.90. The van der Waals surface area contributed by atoms with Crippen molar-refractivity contribution in [2.45, 2.75) is 6.42 Å². The van der Waals surface area contributed by atoms with Crippen molar-refractivity contribution >= 4 is 15.9 Å². The maximum Gasteiger partial charge on any atom is 0.236 e. The molecule has 1 heterocycles. The Hall–Kier alpha value is -1.46. The number of rotatable bonds is 4. The summed E-state index contributed by atoms with van der Waals surface area (Å²) in [6.45, 7) is 0.0886. The van der Waals surface area contributed by atoms with Crippen LogP contribution in [-0.2, 0) is 6.42 Å². The van der Waals surface area contributed by atoms with Crippen LogP contribution in [0.1, 0.15) is 5.56 Å². The van der Waals surface area contributed by atoms with Gasteiger partial charge < -0.3 is 9.84 Å². The molecule has 0 atom stereocenters. The van der Waals surface area contributed by atoms with Crippen LogP contribution in [-0.4, -0.2) is 21.7 Å². The highest BCUT2D eigenvalue weighted by atomic mass is 79.9. The first-order valence-corrected chi connectivity index (χ1v) is 5.92. The number of aromatic nitrogens is 2. The Morgan fingerprint density at radius 1 is 1.29 bits per heavy atom. The minimum absolute atomic E-state index is 0.0886. The van der Waals surface area contributed by atoms with E-state index in [1.165, 1.54) is 6.33 Å². The minimum atomic E-state index is 0.0886. The maximum absolute atomic E-state index is 8.97. The van der Waals surface area contributed by atoms with Crippen molar-refractivity contribution < 1.29 is 9.84 Å². The Balaban J connectivity index is 2.27. The Labute approximate surface area is 107 Å². The van der Waals surface area contributed by atoms with E-state index >= 15 is 0 Å². The van der Waals surface area contributed by atoms with Gasteiger partial charge >= 0.3 is 0 Å². The van der Waals surface area contributed by atoms with Gasteiger partial charge in [0, 0.05) is 12.8 Å². The monoisotopic (exact) mass is 294 g/mol. The van der Waals surface area contributed by atoms with Crippen molar-refractivity contribution in [3.05, 3.63) is 46.8 Å². The molecule has 0 saturated carbocycles. The Morgan fingerprint density at radius 2 is 2.12 bits per heavy atom. The predicted molar refractivity (Wildman–Crippen MR) is 67.0 cm³/mol. The van der Waals surface area contributed by atoms with Gasteiger partial charge in [-0.2, -0.15) is 0 Å². The smallest absolute Gasteiger partial charge is 0.236 e. The lowest BCUT2D eigenvalue weighted by atomic mass is 10.1. The molecule has 0 aliphatic heterocycles. The van der Waals surface area contributed by atoms with Gasteiger partial charge in [-0.25, -0.2) is 9.97 Å². The molecule has 2 aromatic rings. The highest BCUT2D eigenvalue weighted by Gasteiger charge is 2.07. The number of aliphatic hydroxyl groups excluding tert-OH is 1. The summed E-state index contributed by atoms with van der Waals surface area (Å²) >= 11 is 3.32. The van der Waals surface area contributed by atoms with Crippen molar-refractivity contribution in [3.8, 4) is 11.6 Å². The molecule has 17 heavy (non-hydrogen) atoms. The number of hydrogen-bond acceptors (Lipinski definition) is 4. The summed E-state index contributed by atoms with van der Waals surface area (Å²) < 4.78 is 6.38. The van der Waals surface area contributed by atoms with Crippen molar-refractivity contribution in [2.24, 2.45) is 0 Å². The number of ether oxygens (including phenoxy) is 1. The van der Waals surface area contributed by atoms with Gasteiger partial charge in [-0.05, 0) is 34.0 Å². The van der Waals surface area contributed by atoms with Crippen molar-refractivity contribution in [1.82, 2.24) is 9.97 Å². The number of para-hydroxylation sites is 1. The van der Waals surface area contributed by atoms with Crippen molar-refractivity contribution in [2.75, 3.05) is 6.61 Å². The fraction of sp³-hybridized carbons (Fsp3) is 0.167. The second-order valence-corrected chi connectivity index (χ2v) is 4.21. The first kappa shape index (κ1) is 12.0. The largest absolute Gasteiger partial charge is 0.437 e. The predicted octanol–water partition coefficient (Wildman–Crippen LogP) is 2.57. The van der Waals surface area contributed by atoms with E-state index < -0.39 is 0 Å². The van der Waals surface area contributed by atoms with Crippen LogP contribution in [0.4, 0.5) is 0 Å². The van der Waals surface area contributed by atoms with Crippen LogP contribution in [0.2, 0.25) is 0 Å². The number of nitrogens with zero attached hydrogens (tertiary/aromatic N) is 2. The molecule has 1 N–H and O–H groups in total. The molecule has 0 saturated heterocycles. The molecule has 5 heteroatoms. The zero-order valence-corrected chi connectivity index (χ0v) is 10.6. The summed E-state index contributed by atoms with van der Waals surface area (Å²) in [5, 5.41) is 8.97. The number of hydrogen-bond donors (Lipinski definition) is 1. The normalized spacial score (nSPS) is 10.2. The van der Waals surface area contributed by atoms with Gasteiger partial charge in [-0.15, -0.1) is 0 Å². The zero-order valence-electron chi connectivity index (χ0n) is 9.01. The molecule has 1 aromatic heterocycles. The summed E-state index contributed by atoms with van der Waals surface area (Å²) in [5.41, 5.74) is 0.945. The van der Waals surface area contributed by atoms with Gasteiger partial charge in [-0.3, -0.25) is 0 Å². The second-order valence-electron chi connectivity index (χ2n) is 3.36. The van der Waals surface area contributed by atoms with Crippen LogP contribution in [0.15, 0.2) is 41.3 Å². The van der Waals surface area contributed by atoms with E-state index in [0.717, 1.165) is 5.56 Å². The first-order valence-electron chi connectivity index (χ1n) is 5.13. The van der Waals surface area contributed by atoms with Gasteiger partial charge in [-0.1, -0.05) is 18.2 Å². The highest BCUT2D eigenvalue weighted by Crippen LogP contribution is 2.28. The molecule has 0 amide bonds. The summed E-state index contributed by atoms with van der Waals surface area (Å²) in [6.07, 6.45) is 3.60. The molecule has 1 aromatic carbocycles. The molecule has 0 aliphatic rings. The van der Waals surface area contributed by atoms with Gasteiger partial charge in [0.25, 0.3) is 0 Å². The lowest BCUT2D eigenvalue weighted by Crippen LogP contribution is -1.96. The summed E-state index contributed by atoms with van der Waals surface area (Å²) in [7, 11) is 0. The van der Waals surface area contributed by atoms with E-state index in [0.29, 0.717) is 22.5 Å². The first-order chi connectivity index (χ1) is 8.31. The SMILES string of the molecule is OCCc1ccccc1Oc1ncncc1Br. The van der Waals surface area contributed by atoms with Crippen LogP contribution in [0.3, 0.4) is 0 Å². The summed E-state index contributed by atoms with van der Waals surface area (Å²) in [6, 6.07) is 7.55. The number of aliphatic hydroxyl groups is 1. The minimum Gasteiger partial charge on any atom is -0.437 e. The molecule has 88 valence electrons. The van der Waals surface area contributed by atoms with E-state index in [2.05, 4.69) is 25.9 Å². The molecule has 4 nitrogen and oxygen atoms in total. The fourth-order valence-corrected chi connectivity index (χ4v) is 1.71. The van der Waals surface area contributed by atoms with Crippen molar-refractivity contribution in [3.63, 3.8) is 0 Å². The van der Waals surface area contributed by atoms with Gasteiger partial charge in [0.05, 0.1) is 4.47 Å². The Bertz CT molecular complexity index is 505. The second kappa shape index (κ2) is 5.75. The van der Waals surface area contributed by atoms with Crippen molar-refractivity contribution in [1.29, 1.82) is 0 Å². The molecule has 0 fully saturated rings. The molecule has 0 radical (unpaired) electrons. The molecular weight excluding hydrogens is 284 g/mol. The third-order valence-electron chi connectivity index (χ3n) is 2.19. The number of halogens is 1. The Kier molecular flexibility index (Phi) is 4.06. The molecule has 2 rings (SSSR count). The highest BCUT2D eigenvalue weighted by molar-refractivity contribution is 9.10. The van der Waals surface area contributed by atoms with E-state index in [1.54, 1.807) is 6.20 Å². The van der Waals surface area contributed by atoms with E-state index in [4.69, 9.17) is 9.84 Å². The van der Waals surface area contributed by atoms with Gasteiger partial charge in [0.1, 0.15) is 12.1 Å². The van der Waals surface area contributed by atoms with Crippen LogP contribution in [0.5, 0.6) is 11.6 Å². The molecule has 0 unspecified atom stereocenters.